The number of rotatable bonds is 3. The van der Waals surface area contributed by atoms with Crippen LogP contribution >= 0.6 is 0 Å². The van der Waals surface area contributed by atoms with Gasteiger partial charge in [0.05, 0.1) is 5.92 Å². The van der Waals surface area contributed by atoms with E-state index in [-0.39, 0.29) is 6.54 Å². The Morgan fingerprint density at radius 1 is 1.19 bits per heavy atom. The molecule has 1 aliphatic heterocycles. The monoisotopic (exact) mass is 229 g/mol. The molecule has 0 spiro atoms. The fraction of sp³-hybridized carbons (Fsp3) is 0.455. The molecule has 0 saturated heterocycles. The first-order valence-electron chi connectivity index (χ1n) is 5.10. The van der Waals surface area contributed by atoms with Crippen molar-refractivity contribution >= 4 is 0 Å². The Hall–Kier alpha value is -1.36. The fourth-order valence-corrected chi connectivity index (χ4v) is 1.68. The molecule has 2 rings (SSSR count). The predicted octanol–water partition coefficient (Wildman–Crippen LogP) is 1.77. The number of fused-ring (bicyclic) bond motifs is 1. The van der Waals surface area contributed by atoms with Gasteiger partial charge in [0.15, 0.2) is 11.5 Å². The summed E-state index contributed by atoms with van der Waals surface area (Å²) < 4.78 is 36.0. The predicted molar refractivity (Wildman–Crippen MR) is 55.2 cm³/mol. The molecule has 0 bridgehead atoms. The second kappa shape index (κ2) is 4.65. The second-order valence-corrected chi connectivity index (χ2v) is 3.58. The summed E-state index contributed by atoms with van der Waals surface area (Å²) >= 11 is 0. The van der Waals surface area contributed by atoms with Crippen LogP contribution in [0.5, 0.6) is 11.5 Å². The highest BCUT2D eigenvalue weighted by molar-refractivity contribution is 5.45. The molecule has 88 valence electrons. The zero-order chi connectivity index (χ0) is 11.5. The van der Waals surface area contributed by atoms with Crippen LogP contribution in [0.25, 0.3) is 0 Å². The Kier molecular flexibility index (Phi) is 3.24. The van der Waals surface area contributed by atoms with Gasteiger partial charge in [-0.1, -0.05) is 6.07 Å². The molecule has 1 aliphatic rings. The Morgan fingerprint density at radius 2 is 1.88 bits per heavy atom. The van der Waals surface area contributed by atoms with Gasteiger partial charge in [-0.15, -0.1) is 0 Å². The molecule has 1 heterocycles. The third-order valence-electron chi connectivity index (χ3n) is 2.55. The molecule has 3 nitrogen and oxygen atoms in total. The van der Waals surface area contributed by atoms with E-state index in [0.717, 1.165) is 0 Å². The highest BCUT2D eigenvalue weighted by Crippen LogP contribution is 2.34. The standard InChI is InChI=1S/C11H13F2NO2/c12-11(13)8(6-14)7-1-2-9-10(5-7)16-4-3-15-9/h1-2,5,8,11H,3-4,6,14H2. The molecule has 0 radical (unpaired) electrons. The van der Waals surface area contributed by atoms with Crippen molar-refractivity contribution in [3.63, 3.8) is 0 Å². The quantitative estimate of drug-likeness (QED) is 0.859. The molecule has 1 unspecified atom stereocenters. The van der Waals surface area contributed by atoms with Crippen LogP contribution in [0.3, 0.4) is 0 Å². The summed E-state index contributed by atoms with van der Waals surface area (Å²) in [7, 11) is 0. The zero-order valence-corrected chi connectivity index (χ0v) is 8.66. The first-order chi connectivity index (χ1) is 7.72. The minimum absolute atomic E-state index is 0.0860. The van der Waals surface area contributed by atoms with Crippen LogP contribution in [0.4, 0.5) is 8.78 Å². The van der Waals surface area contributed by atoms with Crippen molar-refractivity contribution in [1.29, 1.82) is 0 Å². The number of benzene rings is 1. The van der Waals surface area contributed by atoms with Gasteiger partial charge in [0, 0.05) is 6.54 Å². The molecule has 0 saturated carbocycles. The lowest BCUT2D eigenvalue weighted by molar-refractivity contribution is 0.116. The Morgan fingerprint density at radius 3 is 2.50 bits per heavy atom. The first-order valence-corrected chi connectivity index (χ1v) is 5.10. The summed E-state index contributed by atoms with van der Waals surface area (Å²) in [4.78, 5) is 0. The van der Waals surface area contributed by atoms with E-state index in [0.29, 0.717) is 30.3 Å². The minimum Gasteiger partial charge on any atom is -0.486 e. The number of alkyl halides is 2. The van der Waals surface area contributed by atoms with Crippen LogP contribution in [-0.4, -0.2) is 26.2 Å². The molecule has 1 aromatic rings. The van der Waals surface area contributed by atoms with Gasteiger partial charge in [-0.25, -0.2) is 8.78 Å². The van der Waals surface area contributed by atoms with Crippen LogP contribution in [0.2, 0.25) is 0 Å². The fourth-order valence-electron chi connectivity index (χ4n) is 1.68. The maximum Gasteiger partial charge on any atom is 0.246 e. The van der Waals surface area contributed by atoms with Gasteiger partial charge in [-0.3, -0.25) is 0 Å². The van der Waals surface area contributed by atoms with Crippen molar-refractivity contribution in [2.75, 3.05) is 19.8 Å². The lowest BCUT2D eigenvalue weighted by Crippen LogP contribution is -2.20. The molecule has 0 fully saturated rings. The minimum atomic E-state index is -2.47. The van der Waals surface area contributed by atoms with Crippen LogP contribution < -0.4 is 15.2 Å². The first kappa shape index (κ1) is 11.1. The number of nitrogens with two attached hydrogens (primary N) is 1. The Labute approximate surface area is 92.1 Å². The van der Waals surface area contributed by atoms with Crippen LogP contribution in [0.15, 0.2) is 18.2 Å². The van der Waals surface area contributed by atoms with E-state index in [1.165, 1.54) is 0 Å². The maximum atomic E-state index is 12.7. The molecule has 1 atom stereocenters. The summed E-state index contributed by atoms with van der Waals surface area (Å²) in [5, 5.41) is 0. The van der Waals surface area contributed by atoms with Gasteiger partial charge >= 0.3 is 0 Å². The summed E-state index contributed by atoms with van der Waals surface area (Å²) in [6.45, 7) is 0.844. The Balaban J connectivity index is 2.28. The van der Waals surface area contributed by atoms with Gasteiger partial charge in [0.2, 0.25) is 6.43 Å². The van der Waals surface area contributed by atoms with E-state index in [2.05, 4.69) is 0 Å². The summed E-state index contributed by atoms with van der Waals surface area (Å²) in [6, 6.07) is 4.84. The number of hydrogen-bond donors (Lipinski definition) is 1. The van der Waals surface area contributed by atoms with Gasteiger partial charge in [0.1, 0.15) is 13.2 Å². The average molecular weight is 229 g/mol. The number of ether oxygens (including phenoxy) is 2. The largest absolute Gasteiger partial charge is 0.486 e. The van der Waals surface area contributed by atoms with Crippen molar-refractivity contribution in [3.8, 4) is 11.5 Å². The average Bonchev–Trinajstić information content (AvgIpc) is 2.29. The SMILES string of the molecule is NCC(c1ccc2c(c1)OCCO2)C(F)F. The molecule has 5 heteroatoms. The van der Waals surface area contributed by atoms with Gasteiger partial charge in [-0.05, 0) is 17.7 Å². The lowest BCUT2D eigenvalue weighted by atomic mass is 9.99. The lowest BCUT2D eigenvalue weighted by Gasteiger charge is -2.21. The smallest absolute Gasteiger partial charge is 0.246 e. The summed E-state index contributed by atoms with van der Waals surface area (Å²) in [5.41, 5.74) is 5.82. The Bertz CT molecular complexity index is 371. The van der Waals surface area contributed by atoms with Gasteiger partial charge in [0.25, 0.3) is 0 Å². The van der Waals surface area contributed by atoms with Crippen LogP contribution in [-0.2, 0) is 0 Å². The van der Waals surface area contributed by atoms with E-state index in [1.807, 2.05) is 0 Å². The van der Waals surface area contributed by atoms with E-state index in [1.54, 1.807) is 18.2 Å². The van der Waals surface area contributed by atoms with Crippen molar-refractivity contribution in [2.24, 2.45) is 5.73 Å². The third-order valence-corrected chi connectivity index (χ3v) is 2.55. The van der Waals surface area contributed by atoms with Crippen molar-refractivity contribution in [3.05, 3.63) is 23.8 Å². The van der Waals surface area contributed by atoms with Crippen LogP contribution in [0.1, 0.15) is 11.5 Å². The molecule has 16 heavy (non-hydrogen) atoms. The molecular weight excluding hydrogens is 216 g/mol. The molecule has 1 aromatic carbocycles. The molecule has 2 N–H and O–H groups in total. The van der Waals surface area contributed by atoms with E-state index in [9.17, 15) is 8.78 Å². The molecule has 0 amide bonds. The van der Waals surface area contributed by atoms with Crippen molar-refractivity contribution in [1.82, 2.24) is 0 Å². The van der Waals surface area contributed by atoms with E-state index < -0.39 is 12.3 Å². The number of hydrogen-bond acceptors (Lipinski definition) is 3. The number of halogens is 2. The molecule has 0 aliphatic carbocycles. The van der Waals surface area contributed by atoms with E-state index in [4.69, 9.17) is 15.2 Å². The highest BCUT2D eigenvalue weighted by Gasteiger charge is 2.23. The topological polar surface area (TPSA) is 44.5 Å². The highest BCUT2D eigenvalue weighted by atomic mass is 19.3. The zero-order valence-electron chi connectivity index (χ0n) is 8.66. The van der Waals surface area contributed by atoms with Gasteiger partial charge < -0.3 is 15.2 Å². The maximum absolute atomic E-state index is 12.7. The van der Waals surface area contributed by atoms with E-state index >= 15 is 0 Å². The van der Waals surface area contributed by atoms with Crippen molar-refractivity contribution < 1.29 is 18.3 Å². The summed E-state index contributed by atoms with van der Waals surface area (Å²) in [6.07, 6.45) is -2.47. The molecular formula is C11H13F2NO2. The normalized spacial score (nSPS) is 16.2. The van der Waals surface area contributed by atoms with Gasteiger partial charge in [-0.2, -0.15) is 0 Å². The molecule has 0 aromatic heterocycles. The summed E-state index contributed by atoms with van der Waals surface area (Å²) in [5.74, 6) is 0.165. The van der Waals surface area contributed by atoms with Crippen molar-refractivity contribution in [2.45, 2.75) is 12.3 Å². The third kappa shape index (κ3) is 2.09. The second-order valence-electron chi connectivity index (χ2n) is 3.58. The van der Waals surface area contributed by atoms with Crippen LogP contribution in [0, 0.1) is 0 Å².